The molecular weight excluding hydrogens is 120 g/mol. The third-order valence-corrected chi connectivity index (χ3v) is 1.26. The van der Waals surface area contributed by atoms with Gasteiger partial charge in [-0.3, -0.25) is 0 Å². The van der Waals surface area contributed by atoms with Crippen LogP contribution in [0.5, 0.6) is 0 Å². The second-order valence-electron chi connectivity index (χ2n) is 1.38. The molecule has 0 fully saturated rings. The Kier molecular flexibility index (Phi) is 3.44. The molecule has 0 bridgehead atoms. The summed E-state index contributed by atoms with van der Waals surface area (Å²) in [5.41, 5.74) is 0. The van der Waals surface area contributed by atoms with Gasteiger partial charge in [0.25, 0.3) is 0 Å². The molecule has 0 aromatic rings. The van der Waals surface area contributed by atoms with Crippen molar-refractivity contribution in [3.63, 3.8) is 0 Å². The van der Waals surface area contributed by atoms with E-state index in [4.69, 9.17) is 4.74 Å². The van der Waals surface area contributed by atoms with Crippen LogP contribution in [-0.4, -0.2) is 7.11 Å². The normalized spacial score (nSPS) is 8.25. The summed E-state index contributed by atoms with van der Waals surface area (Å²) in [6.07, 6.45) is 0. The van der Waals surface area contributed by atoms with E-state index in [2.05, 4.69) is 13.2 Å². The van der Waals surface area contributed by atoms with Crippen LogP contribution in [0.25, 0.3) is 0 Å². The molecule has 0 rings (SSSR count). The summed E-state index contributed by atoms with van der Waals surface area (Å²) in [6, 6.07) is 0. The summed E-state index contributed by atoms with van der Waals surface area (Å²) < 4.78 is 4.77. The van der Waals surface area contributed by atoms with E-state index in [0.29, 0.717) is 5.09 Å². The van der Waals surface area contributed by atoms with Crippen molar-refractivity contribution in [2.45, 2.75) is 6.92 Å². The Morgan fingerprint density at radius 1 is 1.50 bits per heavy atom. The standard InChI is InChI=1S/C6H10OS/c1-5(2)8-6(3)7-4/h1,3H2,2,4H3. The SMILES string of the molecule is C=C(C)SC(=C)OC. The van der Waals surface area contributed by atoms with Gasteiger partial charge in [-0.25, -0.2) is 0 Å². The molecule has 0 saturated heterocycles. The largest absolute Gasteiger partial charge is 0.491 e. The minimum Gasteiger partial charge on any atom is -0.491 e. The molecule has 2 heteroatoms. The smallest absolute Gasteiger partial charge is 0.150 e. The molecule has 0 saturated carbocycles. The second kappa shape index (κ2) is 3.61. The van der Waals surface area contributed by atoms with Crippen LogP contribution in [0.15, 0.2) is 23.2 Å². The van der Waals surface area contributed by atoms with Crippen LogP contribution in [0.2, 0.25) is 0 Å². The van der Waals surface area contributed by atoms with Gasteiger partial charge in [-0.2, -0.15) is 0 Å². The third kappa shape index (κ3) is 3.81. The third-order valence-electron chi connectivity index (χ3n) is 0.516. The molecule has 46 valence electrons. The highest BCUT2D eigenvalue weighted by Crippen LogP contribution is 2.20. The van der Waals surface area contributed by atoms with Crippen LogP contribution in [-0.2, 0) is 4.74 Å². The van der Waals surface area contributed by atoms with Gasteiger partial charge in [-0.1, -0.05) is 18.3 Å². The molecule has 0 radical (unpaired) electrons. The van der Waals surface area contributed by atoms with E-state index in [1.165, 1.54) is 11.8 Å². The predicted octanol–water partition coefficient (Wildman–Crippen LogP) is 2.37. The highest BCUT2D eigenvalue weighted by molar-refractivity contribution is 8.06. The van der Waals surface area contributed by atoms with Gasteiger partial charge >= 0.3 is 0 Å². The van der Waals surface area contributed by atoms with Crippen molar-refractivity contribution in [3.05, 3.63) is 23.2 Å². The lowest BCUT2D eigenvalue weighted by Gasteiger charge is -1.99. The van der Waals surface area contributed by atoms with Crippen LogP contribution in [0.3, 0.4) is 0 Å². The zero-order valence-electron chi connectivity index (χ0n) is 5.23. The fourth-order valence-corrected chi connectivity index (χ4v) is 0.708. The van der Waals surface area contributed by atoms with Crippen molar-refractivity contribution < 1.29 is 4.74 Å². The minimum absolute atomic E-state index is 0.692. The van der Waals surface area contributed by atoms with Crippen LogP contribution in [0.4, 0.5) is 0 Å². The minimum atomic E-state index is 0.692. The van der Waals surface area contributed by atoms with E-state index in [1.807, 2.05) is 6.92 Å². The van der Waals surface area contributed by atoms with E-state index in [-0.39, 0.29) is 0 Å². The molecule has 0 aromatic heterocycles. The van der Waals surface area contributed by atoms with Crippen LogP contribution in [0.1, 0.15) is 6.92 Å². The monoisotopic (exact) mass is 130 g/mol. The predicted molar refractivity (Wildman–Crippen MR) is 38.6 cm³/mol. The van der Waals surface area contributed by atoms with Crippen molar-refractivity contribution in [3.8, 4) is 0 Å². The average Bonchev–Trinajstić information content (AvgIpc) is 1.65. The number of thioether (sulfide) groups is 1. The zero-order chi connectivity index (χ0) is 6.57. The van der Waals surface area contributed by atoms with Crippen LogP contribution < -0.4 is 0 Å². The Morgan fingerprint density at radius 3 is 2.12 bits per heavy atom. The maximum absolute atomic E-state index is 4.77. The Morgan fingerprint density at radius 2 is 2.00 bits per heavy atom. The van der Waals surface area contributed by atoms with Crippen LogP contribution >= 0.6 is 11.8 Å². The molecule has 0 aliphatic heterocycles. The maximum atomic E-state index is 4.77. The van der Waals surface area contributed by atoms with E-state index in [1.54, 1.807) is 7.11 Å². The van der Waals surface area contributed by atoms with Crippen molar-refractivity contribution in [1.82, 2.24) is 0 Å². The fraction of sp³-hybridized carbons (Fsp3) is 0.333. The van der Waals surface area contributed by atoms with Gasteiger partial charge < -0.3 is 4.74 Å². The Balaban J connectivity index is 3.40. The number of methoxy groups -OCH3 is 1. The second-order valence-corrected chi connectivity index (χ2v) is 2.74. The molecule has 0 atom stereocenters. The molecule has 0 heterocycles. The summed E-state index contributed by atoms with van der Waals surface area (Å²) in [7, 11) is 1.60. The first kappa shape index (κ1) is 7.63. The topological polar surface area (TPSA) is 9.23 Å². The maximum Gasteiger partial charge on any atom is 0.150 e. The van der Waals surface area contributed by atoms with E-state index < -0.39 is 0 Å². The van der Waals surface area contributed by atoms with Gasteiger partial charge in [-0.15, -0.1) is 0 Å². The molecule has 0 spiro atoms. The number of ether oxygens (including phenoxy) is 1. The Labute approximate surface area is 54.4 Å². The molecule has 0 aromatic carbocycles. The number of hydrogen-bond acceptors (Lipinski definition) is 2. The van der Waals surface area contributed by atoms with Crippen molar-refractivity contribution in [1.29, 1.82) is 0 Å². The summed E-state index contributed by atoms with van der Waals surface area (Å²) in [5, 5.41) is 0.692. The fourth-order valence-electron chi connectivity index (χ4n) is 0.236. The number of rotatable bonds is 3. The lowest BCUT2D eigenvalue weighted by molar-refractivity contribution is 0.327. The van der Waals surface area contributed by atoms with Gasteiger partial charge in [-0.05, 0) is 18.4 Å². The summed E-state index contributed by atoms with van der Waals surface area (Å²) in [5.74, 6) is 0. The lowest BCUT2D eigenvalue weighted by Crippen LogP contribution is -1.75. The zero-order valence-corrected chi connectivity index (χ0v) is 6.05. The molecule has 0 unspecified atom stereocenters. The van der Waals surface area contributed by atoms with Gasteiger partial charge in [0.05, 0.1) is 7.11 Å². The molecule has 0 N–H and O–H groups in total. The average molecular weight is 130 g/mol. The first-order chi connectivity index (χ1) is 3.66. The van der Waals surface area contributed by atoms with Crippen molar-refractivity contribution in [2.75, 3.05) is 7.11 Å². The Hall–Kier alpha value is -0.370. The first-order valence-electron chi connectivity index (χ1n) is 2.23. The van der Waals surface area contributed by atoms with Crippen molar-refractivity contribution in [2.24, 2.45) is 0 Å². The Bertz CT molecular complexity index is 107. The van der Waals surface area contributed by atoms with Gasteiger partial charge in [0.15, 0.2) is 0 Å². The highest BCUT2D eigenvalue weighted by atomic mass is 32.2. The quantitative estimate of drug-likeness (QED) is 0.542. The van der Waals surface area contributed by atoms with Gasteiger partial charge in [0.1, 0.15) is 5.09 Å². The van der Waals surface area contributed by atoms with Gasteiger partial charge in [0, 0.05) is 0 Å². The molecular formula is C6H10OS. The summed E-state index contributed by atoms with van der Waals surface area (Å²) in [4.78, 5) is 0.997. The first-order valence-corrected chi connectivity index (χ1v) is 3.04. The molecule has 0 aliphatic carbocycles. The van der Waals surface area contributed by atoms with E-state index >= 15 is 0 Å². The van der Waals surface area contributed by atoms with Crippen molar-refractivity contribution >= 4 is 11.8 Å². The molecule has 8 heavy (non-hydrogen) atoms. The van der Waals surface area contributed by atoms with E-state index in [9.17, 15) is 0 Å². The van der Waals surface area contributed by atoms with Gasteiger partial charge in [0.2, 0.25) is 0 Å². The van der Waals surface area contributed by atoms with Crippen LogP contribution in [0, 0.1) is 0 Å². The molecule has 0 aliphatic rings. The van der Waals surface area contributed by atoms with E-state index in [0.717, 1.165) is 4.91 Å². The summed E-state index contributed by atoms with van der Waals surface area (Å²) >= 11 is 1.44. The highest BCUT2D eigenvalue weighted by Gasteiger charge is 1.89. The lowest BCUT2D eigenvalue weighted by atomic mass is 10.8. The molecule has 0 amide bonds. The summed E-state index contributed by atoms with van der Waals surface area (Å²) in [6.45, 7) is 9.17. The molecule has 1 nitrogen and oxygen atoms in total. The number of hydrogen-bond donors (Lipinski definition) is 0. The number of allylic oxidation sites excluding steroid dienone is 1.